The summed E-state index contributed by atoms with van der Waals surface area (Å²) in [5, 5.41) is 3.54. The summed E-state index contributed by atoms with van der Waals surface area (Å²) in [5.41, 5.74) is 8.11. The lowest BCUT2D eigenvalue weighted by molar-refractivity contribution is 0.666. The molecule has 1 N–H and O–H groups in total. The first kappa shape index (κ1) is 20.0. The number of hydrogen-bond acceptors (Lipinski definition) is 1. The molecule has 0 aliphatic heterocycles. The standard InChI is InChI=1S/C23H33N/c1-9-10-19(7)22-14-13-21(17(4)5)15-23(22)24-20(8)18(6)12-11-16(2)3/h11-15,19,24H,4,8-10H2,1-3,5-7H3/b18-12+. The molecule has 1 nitrogen and oxygen atoms in total. The second-order valence-corrected chi connectivity index (χ2v) is 6.97. The van der Waals surface area contributed by atoms with Crippen LogP contribution in [0.1, 0.15) is 71.4 Å². The molecule has 1 heteroatoms. The Morgan fingerprint density at radius 2 is 1.79 bits per heavy atom. The minimum Gasteiger partial charge on any atom is -0.356 e. The van der Waals surface area contributed by atoms with Gasteiger partial charge >= 0.3 is 0 Å². The molecule has 0 aliphatic rings. The topological polar surface area (TPSA) is 12.0 Å². The van der Waals surface area contributed by atoms with Gasteiger partial charge in [0.15, 0.2) is 0 Å². The van der Waals surface area contributed by atoms with Crippen molar-refractivity contribution < 1.29 is 0 Å². The van der Waals surface area contributed by atoms with E-state index in [1.54, 1.807) is 0 Å². The van der Waals surface area contributed by atoms with E-state index in [0.29, 0.717) is 5.92 Å². The Balaban J connectivity index is 3.16. The first-order valence-electron chi connectivity index (χ1n) is 8.84. The lowest BCUT2D eigenvalue weighted by Gasteiger charge is -2.20. The summed E-state index contributed by atoms with van der Waals surface area (Å²) < 4.78 is 0. The maximum absolute atomic E-state index is 4.22. The van der Waals surface area contributed by atoms with Crippen LogP contribution in [0.4, 0.5) is 5.69 Å². The number of hydrogen-bond donors (Lipinski definition) is 1. The summed E-state index contributed by atoms with van der Waals surface area (Å²) in [5.74, 6) is 0.520. The Morgan fingerprint density at radius 3 is 2.33 bits per heavy atom. The van der Waals surface area contributed by atoms with E-state index < -0.39 is 0 Å². The average Bonchev–Trinajstić information content (AvgIpc) is 2.52. The summed E-state index contributed by atoms with van der Waals surface area (Å²) in [4.78, 5) is 0. The second kappa shape index (κ2) is 9.32. The van der Waals surface area contributed by atoms with Gasteiger partial charge in [0.25, 0.3) is 0 Å². The molecule has 1 rings (SSSR count). The smallest absolute Gasteiger partial charge is 0.0425 e. The lowest BCUT2D eigenvalue weighted by Crippen LogP contribution is -2.05. The van der Waals surface area contributed by atoms with Gasteiger partial charge in [-0.2, -0.15) is 0 Å². The van der Waals surface area contributed by atoms with Gasteiger partial charge in [-0.1, -0.05) is 68.9 Å². The number of anilines is 1. The minimum absolute atomic E-state index is 0.520. The zero-order valence-electron chi connectivity index (χ0n) is 16.3. The molecule has 1 atom stereocenters. The highest BCUT2D eigenvalue weighted by atomic mass is 14.9. The molecule has 0 bridgehead atoms. The molecule has 24 heavy (non-hydrogen) atoms. The van der Waals surface area contributed by atoms with E-state index >= 15 is 0 Å². The van der Waals surface area contributed by atoms with Crippen molar-refractivity contribution in [3.63, 3.8) is 0 Å². The third-order valence-corrected chi connectivity index (χ3v) is 4.23. The van der Waals surface area contributed by atoms with Gasteiger partial charge in [0, 0.05) is 11.4 Å². The fourth-order valence-electron chi connectivity index (χ4n) is 2.60. The summed E-state index contributed by atoms with van der Waals surface area (Å²) >= 11 is 0. The van der Waals surface area contributed by atoms with Crippen molar-refractivity contribution in [2.24, 2.45) is 0 Å². The summed E-state index contributed by atoms with van der Waals surface area (Å²) in [6, 6.07) is 6.60. The normalized spacial score (nSPS) is 12.5. The zero-order valence-corrected chi connectivity index (χ0v) is 16.3. The van der Waals surface area contributed by atoms with Crippen LogP contribution in [0.2, 0.25) is 0 Å². The first-order valence-corrected chi connectivity index (χ1v) is 8.84. The highest BCUT2D eigenvalue weighted by molar-refractivity contribution is 5.69. The molecular weight excluding hydrogens is 290 g/mol. The van der Waals surface area contributed by atoms with Crippen LogP contribution in [0.25, 0.3) is 5.57 Å². The van der Waals surface area contributed by atoms with Gasteiger partial charge in [-0.05, 0) is 62.8 Å². The van der Waals surface area contributed by atoms with E-state index in [1.807, 2.05) is 6.92 Å². The van der Waals surface area contributed by atoms with E-state index in [2.05, 4.69) is 83.4 Å². The summed E-state index contributed by atoms with van der Waals surface area (Å²) in [6.45, 7) is 21.1. The average molecular weight is 324 g/mol. The third-order valence-electron chi connectivity index (χ3n) is 4.23. The molecule has 0 saturated carbocycles. The molecule has 1 aromatic rings. The minimum atomic E-state index is 0.520. The number of benzene rings is 1. The Kier molecular flexibility index (Phi) is 7.78. The van der Waals surface area contributed by atoms with E-state index in [0.717, 1.165) is 22.5 Å². The van der Waals surface area contributed by atoms with Crippen LogP contribution in [0.3, 0.4) is 0 Å². The molecule has 0 radical (unpaired) electrons. The van der Waals surface area contributed by atoms with E-state index in [-0.39, 0.29) is 0 Å². The third kappa shape index (κ3) is 5.88. The molecule has 0 fully saturated rings. The predicted octanol–water partition coefficient (Wildman–Crippen LogP) is 7.46. The number of nitrogens with one attached hydrogen (secondary N) is 1. The largest absolute Gasteiger partial charge is 0.356 e. The summed E-state index contributed by atoms with van der Waals surface area (Å²) in [6.07, 6.45) is 6.60. The van der Waals surface area contributed by atoms with Crippen molar-refractivity contribution in [3.8, 4) is 0 Å². The molecule has 0 spiro atoms. The van der Waals surface area contributed by atoms with Gasteiger partial charge in [0.1, 0.15) is 0 Å². The van der Waals surface area contributed by atoms with Gasteiger partial charge in [-0.15, -0.1) is 0 Å². The van der Waals surface area contributed by atoms with E-state index in [4.69, 9.17) is 0 Å². The maximum atomic E-state index is 4.22. The van der Waals surface area contributed by atoms with E-state index in [1.165, 1.54) is 29.5 Å². The van der Waals surface area contributed by atoms with Crippen LogP contribution >= 0.6 is 0 Å². The SMILES string of the molecule is C=C(Nc1cc(C(=C)C)ccc1C(C)CCC)/C(C)=C/C=C(C)C. The van der Waals surface area contributed by atoms with Crippen molar-refractivity contribution in [1.29, 1.82) is 0 Å². The van der Waals surface area contributed by atoms with Crippen LogP contribution < -0.4 is 5.32 Å². The molecule has 1 aromatic carbocycles. The molecule has 0 saturated heterocycles. The molecule has 1 unspecified atom stereocenters. The van der Waals surface area contributed by atoms with Crippen LogP contribution in [0.5, 0.6) is 0 Å². The molecule has 0 amide bonds. The van der Waals surface area contributed by atoms with Gasteiger partial charge in [-0.3, -0.25) is 0 Å². The van der Waals surface area contributed by atoms with Crippen LogP contribution in [-0.2, 0) is 0 Å². The monoisotopic (exact) mass is 323 g/mol. The van der Waals surface area contributed by atoms with Gasteiger partial charge < -0.3 is 5.32 Å². The highest BCUT2D eigenvalue weighted by Crippen LogP contribution is 2.31. The van der Waals surface area contributed by atoms with Crippen molar-refractivity contribution >= 4 is 11.3 Å². The molecule has 0 heterocycles. The fourth-order valence-corrected chi connectivity index (χ4v) is 2.60. The Morgan fingerprint density at radius 1 is 1.12 bits per heavy atom. The lowest BCUT2D eigenvalue weighted by atomic mass is 9.92. The number of rotatable bonds is 8. The van der Waals surface area contributed by atoms with Gasteiger partial charge in [0.05, 0.1) is 0 Å². The first-order chi connectivity index (χ1) is 11.3. The Labute approximate surface area is 148 Å². The molecular formula is C23H33N. The fraction of sp³-hybridized carbons (Fsp3) is 0.391. The van der Waals surface area contributed by atoms with Crippen molar-refractivity contribution in [1.82, 2.24) is 0 Å². The Hall–Kier alpha value is -2.02. The predicted molar refractivity (Wildman–Crippen MR) is 110 cm³/mol. The van der Waals surface area contributed by atoms with Crippen molar-refractivity contribution in [2.45, 2.75) is 60.3 Å². The number of allylic oxidation sites excluding steroid dienone is 5. The van der Waals surface area contributed by atoms with E-state index in [9.17, 15) is 0 Å². The molecule has 0 aliphatic carbocycles. The summed E-state index contributed by atoms with van der Waals surface area (Å²) in [7, 11) is 0. The van der Waals surface area contributed by atoms with Gasteiger partial charge in [0.2, 0.25) is 0 Å². The highest BCUT2D eigenvalue weighted by Gasteiger charge is 2.12. The molecule has 0 aromatic heterocycles. The maximum Gasteiger partial charge on any atom is 0.0425 e. The van der Waals surface area contributed by atoms with Crippen molar-refractivity contribution in [3.05, 3.63) is 71.5 Å². The zero-order chi connectivity index (χ0) is 18.3. The van der Waals surface area contributed by atoms with Crippen LogP contribution in [0, 0.1) is 0 Å². The second-order valence-electron chi connectivity index (χ2n) is 6.97. The van der Waals surface area contributed by atoms with Crippen LogP contribution in [-0.4, -0.2) is 0 Å². The quantitative estimate of drug-likeness (QED) is 0.489. The van der Waals surface area contributed by atoms with Crippen molar-refractivity contribution in [2.75, 3.05) is 5.32 Å². The molecule has 130 valence electrons. The Bertz CT molecular complexity index is 655. The van der Waals surface area contributed by atoms with Crippen LogP contribution in [0.15, 0.2) is 60.4 Å². The van der Waals surface area contributed by atoms with Gasteiger partial charge in [-0.25, -0.2) is 0 Å².